The first-order valence-corrected chi connectivity index (χ1v) is 8.82. The maximum absolute atomic E-state index is 13.0. The van der Waals surface area contributed by atoms with Crippen molar-refractivity contribution < 1.29 is 14.3 Å². The lowest BCUT2D eigenvalue weighted by atomic mass is 9.77. The van der Waals surface area contributed by atoms with Gasteiger partial charge in [0.05, 0.1) is 19.0 Å². The number of hydrogen-bond acceptors (Lipinski definition) is 4. The van der Waals surface area contributed by atoms with E-state index in [0.29, 0.717) is 6.42 Å². The predicted molar refractivity (Wildman–Crippen MR) is 98.0 cm³/mol. The summed E-state index contributed by atoms with van der Waals surface area (Å²) in [6.07, 6.45) is 5.65. The topological polar surface area (TPSA) is 59.5 Å². The molecular formula is C21H20N2O3. The quantitative estimate of drug-likeness (QED) is 0.850. The summed E-state index contributed by atoms with van der Waals surface area (Å²) in [5, 5.41) is 0. The van der Waals surface area contributed by atoms with E-state index in [2.05, 4.69) is 4.98 Å². The molecule has 2 aliphatic rings. The number of benzene rings is 1. The third kappa shape index (κ3) is 2.79. The van der Waals surface area contributed by atoms with Crippen LogP contribution in [0.3, 0.4) is 0 Å². The lowest BCUT2D eigenvalue weighted by Gasteiger charge is -2.38. The Balaban J connectivity index is 1.85. The number of aromatic nitrogens is 1. The number of methoxy groups -OCH3 is 1. The van der Waals surface area contributed by atoms with Gasteiger partial charge in [-0.2, -0.15) is 0 Å². The zero-order valence-electron chi connectivity index (χ0n) is 14.6. The molecule has 1 aromatic heterocycles. The van der Waals surface area contributed by atoms with Crippen molar-refractivity contribution in [2.45, 2.75) is 31.6 Å². The fraction of sp³-hybridized carbons (Fsp3) is 0.286. The van der Waals surface area contributed by atoms with Crippen LogP contribution < -0.4 is 9.64 Å². The third-order valence-electron chi connectivity index (χ3n) is 5.08. The van der Waals surface area contributed by atoms with Gasteiger partial charge in [0.1, 0.15) is 5.75 Å². The standard InChI is InChI=1S/C21H20N2O3/c1-26-16-7-2-5-14(11-16)17-12-20(25)23(15-6-4-10-22-13-15)18-8-3-9-19(24)21(17)18/h2,4-7,10-11,13,17H,3,8-9,12H2,1H3. The number of ether oxygens (including phenoxy) is 1. The van der Waals surface area contributed by atoms with Crippen molar-refractivity contribution in [3.8, 4) is 5.75 Å². The van der Waals surface area contributed by atoms with E-state index in [0.717, 1.165) is 41.1 Å². The average Bonchev–Trinajstić information content (AvgIpc) is 2.68. The number of nitrogens with zero attached hydrogens (tertiary/aromatic N) is 2. The molecule has 0 spiro atoms. The van der Waals surface area contributed by atoms with E-state index < -0.39 is 0 Å². The first-order chi connectivity index (χ1) is 12.7. The third-order valence-corrected chi connectivity index (χ3v) is 5.08. The zero-order chi connectivity index (χ0) is 18.1. The van der Waals surface area contributed by atoms with Crippen molar-refractivity contribution in [1.82, 2.24) is 4.98 Å². The molecule has 0 saturated heterocycles. The van der Waals surface area contributed by atoms with Gasteiger partial charge < -0.3 is 4.74 Å². The molecule has 2 heterocycles. The molecule has 1 aliphatic heterocycles. The maximum Gasteiger partial charge on any atom is 0.232 e. The number of Topliss-reactive ketones (excluding diaryl/α,β-unsaturated/α-hetero) is 1. The maximum atomic E-state index is 13.0. The minimum absolute atomic E-state index is 0.000676. The number of carbonyl (C=O) groups excluding carboxylic acids is 2. The lowest BCUT2D eigenvalue weighted by molar-refractivity contribution is -0.119. The summed E-state index contributed by atoms with van der Waals surface area (Å²) in [5.41, 5.74) is 3.28. The van der Waals surface area contributed by atoms with Crippen molar-refractivity contribution in [2.24, 2.45) is 0 Å². The van der Waals surface area contributed by atoms with Crippen LogP contribution >= 0.6 is 0 Å². The Hall–Kier alpha value is -2.95. The van der Waals surface area contributed by atoms with Crippen LogP contribution in [0.15, 0.2) is 60.1 Å². The monoisotopic (exact) mass is 348 g/mol. The van der Waals surface area contributed by atoms with Crippen molar-refractivity contribution in [2.75, 3.05) is 12.0 Å². The summed E-state index contributed by atoms with van der Waals surface area (Å²) in [7, 11) is 1.62. The van der Waals surface area contributed by atoms with E-state index >= 15 is 0 Å². The van der Waals surface area contributed by atoms with Crippen LogP contribution in [0.2, 0.25) is 0 Å². The number of ketones is 1. The van der Waals surface area contributed by atoms with Crippen molar-refractivity contribution in [3.05, 3.63) is 65.6 Å². The number of allylic oxidation sites excluding steroid dienone is 2. The minimum atomic E-state index is -0.215. The first-order valence-electron chi connectivity index (χ1n) is 8.82. The molecule has 1 aliphatic carbocycles. The molecule has 5 nitrogen and oxygen atoms in total. The van der Waals surface area contributed by atoms with Crippen LogP contribution in [0.4, 0.5) is 5.69 Å². The first kappa shape index (κ1) is 16.5. The van der Waals surface area contributed by atoms with Gasteiger partial charge >= 0.3 is 0 Å². The Bertz CT molecular complexity index is 889. The molecule has 0 N–H and O–H groups in total. The van der Waals surface area contributed by atoms with Crippen LogP contribution in [-0.4, -0.2) is 23.8 Å². The van der Waals surface area contributed by atoms with Gasteiger partial charge in [-0.25, -0.2) is 0 Å². The number of hydrogen-bond donors (Lipinski definition) is 0. The molecule has 5 heteroatoms. The molecule has 0 saturated carbocycles. The highest BCUT2D eigenvalue weighted by Crippen LogP contribution is 2.43. The number of carbonyl (C=O) groups is 2. The number of anilines is 1. The highest BCUT2D eigenvalue weighted by Gasteiger charge is 2.39. The summed E-state index contributed by atoms with van der Waals surface area (Å²) >= 11 is 0. The molecule has 0 bridgehead atoms. The zero-order valence-corrected chi connectivity index (χ0v) is 14.6. The molecule has 0 fully saturated rings. The van der Waals surface area contributed by atoms with Crippen LogP contribution in [0.1, 0.15) is 37.2 Å². The largest absolute Gasteiger partial charge is 0.497 e. The van der Waals surface area contributed by atoms with Gasteiger partial charge in [-0.15, -0.1) is 0 Å². The SMILES string of the molecule is COc1cccc(C2CC(=O)N(c3cccnc3)C3=C2C(=O)CCC3)c1. The highest BCUT2D eigenvalue weighted by molar-refractivity contribution is 6.07. The second-order valence-corrected chi connectivity index (χ2v) is 6.61. The van der Waals surface area contributed by atoms with Gasteiger partial charge in [0.25, 0.3) is 0 Å². The normalized spacial score (nSPS) is 20.2. The van der Waals surface area contributed by atoms with E-state index in [4.69, 9.17) is 4.74 Å². The second-order valence-electron chi connectivity index (χ2n) is 6.61. The number of rotatable bonds is 3. The summed E-state index contributed by atoms with van der Waals surface area (Å²) < 4.78 is 5.32. The van der Waals surface area contributed by atoms with Crippen molar-refractivity contribution in [1.29, 1.82) is 0 Å². The van der Waals surface area contributed by atoms with Crippen molar-refractivity contribution in [3.63, 3.8) is 0 Å². The highest BCUT2D eigenvalue weighted by atomic mass is 16.5. The summed E-state index contributed by atoms with van der Waals surface area (Å²) in [4.78, 5) is 31.6. The van der Waals surface area contributed by atoms with E-state index in [9.17, 15) is 9.59 Å². The van der Waals surface area contributed by atoms with Crippen molar-refractivity contribution >= 4 is 17.4 Å². The number of amides is 1. The van der Waals surface area contributed by atoms with Gasteiger partial charge in [-0.05, 0) is 42.7 Å². The Morgan fingerprint density at radius 3 is 2.81 bits per heavy atom. The Morgan fingerprint density at radius 1 is 1.15 bits per heavy atom. The predicted octanol–water partition coefficient (Wildman–Crippen LogP) is 3.62. The van der Waals surface area contributed by atoms with E-state index in [1.54, 1.807) is 24.4 Å². The lowest BCUT2D eigenvalue weighted by Crippen LogP contribution is -2.40. The van der Waals surface area contributed by atoms with Gasteiger partial charge in [0, 0.05) is 36.2 Å². The smallest absolute Gasteiger partial charge is 0.232 e. The number of pyridine rings is 1. The molecule has 1 unspecified atom stereocenters. The molecule has 1 amide bonds. The van der Waals surface area contributed by atoms with Crippen LogP contribution in [-0.2, 0) is 9.59 Å². The molecule has 0 radical (unpaired) electrons. The molecular weight excluding hydrogens is 328 g/mol. The van der Waals surface area contributed by atoms with E-state index in [1.807, 2.05) is 36.4 Å². The van der Waals surface area contributed by atoms with E-state index in [1.165, 1.54) is 0 Å². The Labute approximate surface area is 152 Å². The van der Waals surface area contributed by atoms with Gasteiger partial charge in [0.15, 0.2) is 5.78 Å². The second kappa shape index (κ2) is 6.75. The summed E-state index contributed by atoms with van der Waals surface area (Å²) in [5.74, 6) is 0.656. The fourth-order valence-electron chi connectivity index (χ4n) is 3.92. The average molecular weight is 348 g/mol. The van der Waals surface area contributed by atoms with Crippen LogP contribution in [0.25, 0.3) is 0 Å². The van der Waals surface area contributed by atoms with Gasteiger partial charge in [-0.3, -0.25) is 19.5 Å². The van der Waals surface area contributed by atoms with Gasteiger partial charge in [0.2, 0.25) is 5.91 Å². The molecule has 26 heavy (non-hydrogen) atoms. The van der Waals surface area contributed by atoms with Crippen LogP contribution in [0, 0.1) is 0 Å². The Morgan fingerprint density at radius 2 is 2.04 bits per heavy atom. The molecule has 1 atom stereocenters. The molecule has 132 valence electrons. The fourth-order valence-corrected chi connectivity index (χ4v) is 3.92. The molecule has 4 rings (SSSR count). The van der Waals surface area contributed by atoms with Crippen LogP contribution in [0.5, 0.6) is 5.75 Å². The minimum Gasteiger partial charge on any atom is -0.497 e. The van der Waals surface area contributed by atoms with E-state index in [-0.39, 0.29) is 24.0 Å². The summed E-state index contributed by atoms with van der Waals surface area (Å²) in [6.45, 7) is 0. The Kier molecular flexibility index (Phi) is 4.29. The summed E-state index contributed by atoms with van der Waals surface area (Å²) in [6, 6.07) is 11.3. The molecule has 1 aromatic carbocycles. The van der Waals surface area contributed by atoms with Gasteiger partial charge in [-0.1, -0.05) is 12.1 Å². The molecule has 2 aromatic rings.